The van der Waals surface area contributed by atoms with Crippen molar-refractivity contribution in [2.75, 3.05) is 32.9 Å². The van der Waals surface area contributed by atoms with Crippen LogP contribution < -0.4 is 9.47 Å². The number of hydrogen-bond acceptors (Lipinski definition) is 4. The number of amides is 1. The van der Waals surface area contributed by atoms with Crippen molar-refractivity contribution in [3.63, 3.8) is 0 Å². The Balaban J connectivity index is 2.19. The van der Waals surface area contributed by atoms with E-state index < -0.39 is 6.61 Å². The number of nitrogens with zero attached hydrogens (tertiary/aromatic N) is 1. The van der Waals surface area contributed by atoms with E-state index in [0.717, 1.165) is 0 Å². The van der Waals surface area contributed by atoms with E-state index in [9.17, 15) is 13.6 Å². The Kier molecular flexibility index (Phi) is 5.32. The maximum Gasteiger partial charge on any atom is 0.387 e. The summed E-state index contributed by atoms with van der Waals surface area (Å²) >= 11 is 0. The fraction of sp³-hybridized carbons (Fsp3) is 0.500. The van der Waals surface area contributed by atoms with Gasteiger partial charge in [-0.2, -0.15) is 8.78 Å². The molecule has 0 atom stereocenters. The molecule has 0 spiro atoms. The molecule has 1 aromatic carbocycles. The molecule has 116 valence electrons. The molecule has 1 aromatic rings. The third kappa shape index (κ3) is 4.04. The first-order valence-electron chi connectivity index (χ1n) is 6.70. The van der Waals surface area contributed by atoms with Crippen molar-refractivity contribution in [2.45, 2.75) is 13.5 Å². The van der Waals surface area contributed by atoms with E-state index in [0.29, 0.717) is 31.9 Å². The Morgan fingerprint density at radius 3 is 2.67 bits per heavy atom. The van der Waals surface area contributed by atoms with Gasteiger partial charge in [0.2, 0.25) is 0 Å². The van der Waals surface area contributed by atoms with Crippen molar-refractivity contribution < 1.29 is 27.8 Å². The zero-order chi connectivity index (χ0) is 15.2. The fourth-order valence-corrected chi connectivity index (χ4v) is 2.05. The van der Waals surface area contributed by atoms with Gasteiger partial charge in [-0.3, -0.25) is 4.79 Å². The SMILES string of the molecule is CCOc1cc(C(=O)N2CCOCC2)ccc1OC(F)F. The zero-order valence-corrected chi connectivity index (χ0v) is 11.7. The first-order chi connectivity index (χ1) is 10.1. The highest BCUT2D eigenvalue weighted by Crippen LogP contribution is 2.30. The van der Waals surface area contributed by atoms with E-state index in [1.54, 1.807) is 11.8 Å². The van der Waals surface area contributed by atoms with Crippen LogP contribution in [0.2, 0.25) is 0 Å². The molecule has 0 saturated carbocycles. The molecule has 2 rings (SSSR count). The number of carbonyl (C=O) groups is 1. The summed E-state index contributed by atoms with van der Waals surface area (Å²) in [6.07, 6.45) is 0. The molecule has 0 aliphatic carbocycles. The lowest BCUT2D eigenvalue weighted by molar-refractivity contribution is -0.0514. The normalized spacial score (nSPS) is 15.1. The average Bonchev–Trinajstić information content (AvgIpc) is 2.49. The van der Waals surface area contributed by atoms with Gasteiger partial charge in [-0.25, -0.2) is 0 Å². The maximum absolute atomic E-state index is 12.3. The standard InChI is InChI=1S/C14H17F2NO4/c1-2-20-12-9-10(3-4-11(12)21-14(15)16)13(18)17-5-7-19-8-6-17/h3-4,9,14H,2,5-8H2,1H3. The van der Waals surface area contributed by atoms with E-state index in [1.807, 2.05) is 0 Å². The molecule has 0 aromatic heterocycles. The zero-order valence-electron chi connectivity index (χ0n) is 11.7. The van der Waals surface area contributed by atoms with Crippen LogP contribution in [0.5, 0.6) is 11.5 Å². The number of ether oxygens (including phenoxy) is 3. The Hall–Kier alpha value is -1.89. The highest BCUT2D eigenvalue weighted by Gasteiger charge is 2.20. The molecule has 7 heteroatoms. The molecule has 0 N–H and O–H groups in total. The Bertz CT molecular complexity index is 490. The van der Waals surface area contributed by atoms with Gasteiger partial charge in [0.25, 0.3) is 5.91 Å². The summed E-state index contributed by atoms with van der Waals surface area (Å²) in [4.78, 5) is 14.0. The van der Waals surface area contributed by atoms with Crippen molar-refractivity contribution in [2.24, 2.45) is 0 Å². The van der Waals surface area contributed by atoms with Gasteiger partial charge in [-0.1, -0.05) is 0 Å². The lowest BCUT2D eigenvalue weighted by atomic mass is 10.1. The summed E-state index contributed by atoms with van der Waals surface area (Å²) < 4.78 is 39.5. The highest BCUT2D eigenvalue weighted by molar-refractivity contribution is 5.95. The van der Waals surface area contributed by atoms with Crippen molar-refractivity contribution in [3.05, 3.63) is 23.8 Å². The summed E-state index contributed by atoms with van der Waals surface area (Å²) in [5, 5.41) is 0. The minimum Gasteiger partial charge on any atom is -0.490 e. The van der Waals surface area contributed by atoms with E-state index in [-0.39, 0.29) is 24.0 Å². The third-order valence-corrected chi connectivity index (χ3v) is 3.00. The highest BCUT2D eigenvalue weighted by atomic mass is 19.3. The topological polar surface area (TPSA) is 48.0 Å². The summed E-state index contributed by atoms with van der Waals surface area (Å²) in [7, 11) is 0. The van der Waals surface area contributed by atoms with Gasteiger partial charge in [0.05, 0.1) is 19.8 Å². The van der Waals surface area contributed by atoms with E-state index in [4.69, 9.17) is 9.47 Å². The first-order valence-corrected chi connectivity index (χ1v) is 6.70. The number of halogens is 2. The number of rotatable bonds is 5. The van der Waals surface area contributed by atoms with Crippen LogP contribution in [0.3, 0.4) is 0 Å². The van der Waals surface area contributed by atoms with Crippen LogP contribution >= 0.6 is 0 Å². The predicted octanol–water partition coefficient (Wildman–Crippen LogP) is 2.16. The van der Waals surface area contributed by atoms with Crippen LogP contribution in [0.15, 0.2) is 18.2 Å². The molecule has 1 fully saturated rings. The fourth-order valence-electron chi connectivity index (χ4n) is 2.05. The number of hydrogen-bond donors (Lipinski definition) is 0. The Morgan fingerprint density at radius 1 is 1.33 bits per heavy atom. The van der Waals surface area contributed by atoms with Crippen molar-refractivity contribution in [1.29, 1.82) is 0 Å². The van der Waals surface area contributed by atoms with Gasteiger partial charge >= 0.3 is 6.61 Å². The van der Waals surface area contributed by atoms with Gasteiger partial charge in [0, 0.05) is 18.7 Å². The molecule has 1 aliphatic rings. The van der Waals surface area contributed by atoms with Crippen molar-refractivity contribution >= 4 is 5.91 Å². The van der Waals surface area contributed by atoms with Gasteiger partial charge in [0.15, 0.2) is 11.5 Å². The average molecular weight is 301 g/mol. The Morgan fingerprint density at radius 2 is 2.05 bits per heavy atom. The van der Waals surface area contributed by atoms with Gasteiger partial charge in [0.1, 0.15) is 0 Å². The molecule has 1 aliphatic heterocycles. The smallest absolute Gasteiger partial charge is 0.387 e. The monoisotopic (exact) mass is 301 g/mol. The summed E-state index contributed by atoms with van der Waals surface area (Å²) in [5.41, 5.74) is 0.377. The van der Waals surface area contributed by atoms with Gasteiger partial charge in [-0.15, -0.1) is 0 Å². The molecule has 1 saturated heterocycles. The van der Waals surface area contributed by atoms with E-state index >= 15 is 0 Å². The minimum absolute atomic E-state index is 0.0784. The van der Waals surface area contributed by atoms with E-state index in [1.165, 1.54) is 18.2 Å². The second kappa shape index (κ2) is 7.21. The van der Waals surface area contributed by atoms with Crippen LogP contribution in [0.25, 0.3) is 0 Å². The molecule has 1 amide bonds. The summed E-state index contributed by atoms with van der Waals surface area (Å²) in [6, 6.07) is 4.21. The summed E-state index contributed by atoms with van der Waals surface area (Å²) in [5.74, 6) is -0.120. The number of alkyl halides is 2. The lowest BCUT2D eigenvalue weighted by Crippen LogP contribution is -2.40. The second-order valence-corrected chi connectivity index (χ2v) is 4.38. The molecule has 21 heavy (non-hydrogen) atoms. The van der Waals surface area contributed by atoms with Crippen molar-refractivity contribution in [1.82, 2.24) is 4.90 Å². The van der Waals surface area contributed by atoms with E-state index in [2.05, 4.69) is 4.74 Å². The largest absolute Gasteiger partial charge is 0.490 e. The molecular formula is C14H17F2NO4. The maximum atomic E-state index is 12.3. The second-order valence-electron chi connectivity index (χ2n) is 4.38. The van der Waals surface area contributed by atoms with Crippen LogP contribution in [0.4, 0.5) is 8.78 Å². The van der Waals surface area contributed by atoms with Crippen LogP contribution in [-0.4, -0.2) is 50.3 Å². The van der Waals surface area contributed by atoms with Gasteiger partial charge in [-0.05, 0) is 25.1 Å². The number of carbonyl (C=O) groups excluding carboxylic acids is 1. The quantitative estimate of drug-likeness (QED) is 0.836. The minimum atomic E-state index is -2.94. The number of morpholine rings is 1. The lowest BCUT2D eigenvalue weighted by Gasteiger charge is -2.27. The third-order valence-electron chi connectivity index (χ3n) is 3.00. The molecule has 0 unspecified atom stereocenters. The molecular weight excluding hydrogens is 284 g/mol. The Labute approximate surface area is 121 Å². The van der Waals surface area contributed by atoms with Crippen LogP contribution in [-0.2, 0) is 4.74 Å². The molecule has 5 nitrogen and oxygen atoms in total. The molecule has 0 radical (unpaired) electrons. The molecule has 0 bridgehead atoms. The van der Waals surface area contributed by atoms with Crippen molar-refractivity contribution in [3.8, 4) is 11.5 Å². The molecule has 1 heterocycles. The summed E-state index contributed by atoms with van der Waals surface area (Å²) in [6.45, 7) is 1.09. The number of benzene rings is 1. The van der Waals surface area contributed by atoms with Crippen LogP contribution in [0.1, 0.15) is 17.3 Å². The van der Waals surface area contributed by atoms with Gasteiger partial charge < -0.3 is 19.1 Å². The predicted molar refractivity (Wildman–Crippen MR) is 71.0 cm³/mol. The van der Waals surface area contributed by atoms with Crippen LogP contribution in [0, 0.1) is 0 Å². The first kappa shape index (κ1) is 15.5.